The van der Waals surface area contributed by atoms with Crippen LogP contribution in [-0.4, -0.2) is 26.3 Å². The van der Waals surface area contributed by atoms with E-state index in [4.69, 9.17) is 0 Å². The van der Waals surface area contributed by atoms with Crippen molar-refractivity contribution in [3.8, 4) is 11.4 Å². The second-order valence-corrected chi connectivity index (χ2v) is 8.16. The Morgan fingerprint density at radius 3 is 1.97 bits per heavy atom. The first-order chi connectivity index (χ1) is 14.7. The minimum absolute atomic E-state index is 0.0660. The Morgan fingerprint density at radius 1 is 0.867 bits per heavy atom. The minimum atomic E-state index is -0.348. The largest absolute Gasteiger partial charge is 0.344 e. The summed E-state index contributed by atoms with van der Waals surface area (Å²) in [6.07, 6.45) is 0. The Hall–Kier alpha value is -3.38. The number of thioether (sulfide) groups is 1. The molecular formula is C24H22N4OS. The maximum atomic E-state index is 13.0. The lowest BCUT2D eigenvalue weighted by atomic mass is 9.98. The molecule has 6 heteroatoms. The van der Waals surface area contributed by atoms with Crippen LogP contribution in [0, 0.1) is 0 Å². The topological polar surface area (TPSA) is 70.7 Å². The van der Waals surface area contributed by atoms with Crippen LogP contribution in [0.3, 0.4) is 0 Å². The van der Waals surface area contributed by atoms with E-state index in [0.29, 0.717) is 11.0 Å². The highest BCUT2D eigenvalue weighted by Gasteiger charge is 2.22. The standard InChI is InChI=1S/C24H22N4OS/c1-17(30-24-26-22(27-28-24)20-15-9-4-10-16-20)23(29)25-21(18-11-5-2-6-12-18)19-13-7-3-8-14-19/h2-17,21H,1H3,(H,25,29)(H,26,27,28). The van der Waals surface area contributed by atoms with Gasteiger partial charge >= 0.3 is 0 Å². The zero-order valence-electron chi connectivity index (χ0n) is 16.5. The first-order valence-corrected chi connectivity index (χ1v) is 10.6. The molecule has 1 atom stereocenters. The summed E-state index contributed by atoms with van der Waals surface area (Å²) in [4.78, 5) is 17.5. The van der Waals surface area contributed by atoms with E-state index in [-0.39, 0.29) is 17.2 Å². The van der Waals surface area contributed by atoms with Gasteiger partial charge in [0, 0.05) is 5.56 Å². The molecule has 0 radical (unpaired) electrons. The maximum absolute atomic E-state index is 13.0. The fraction of sp³-hybridized carbons (Fsp3) is 0.125. The predicted molar refractivity (Wildman–Crippen MR) is 120 cm³/mol. The van der Waals surface area contributed by atoms with Crippen LogP contribution >= 0.6 is 11.8 Å². The summed E-state index contributed by atoms with van der Waals surface area (Å²) in [7, 11) is 0. The quantitative estimate of drug-likeness (QED) is 0.424. The van der Waals surface area contributed by atoms with Crippen molar-refractivity contribution >= 4 is 17.7 Å². The number of nitrogens with zero attached hydrogens (tertiary/aromatic N) is 2. The number of hydrogen-bond acceptors (Lipinski definition) is 4. The van der Waals surface area contributed by atoms with Crippen molar-refractivity contribution in [2.45, 2.75) is 23.4 Å². The first kappa shape index (κ1) is 19.9. The van der Waals surface area contributed by atoms with E-state index in [1.54, 1.807) is 0 Å². The summed E-state index contributed by atoms with van der Waals surface area (Å²) < 4.78 is 0. The molecule has 2 N–H and O–H groups in total. The van der Waals surface area contributed by atoms with Gasteiger partial charge in [0.25, 0.3) is 0 Å². The van der Waals surface area contributed by atoms with Crippen LogP contribution in [0.2, 0.25) is 0 Å². The van der Waals surface area contributed by atoms with Gasteiger partial charge in [0.05, 0.1) is 11.3 Å². The van der Waals surface area contributed by atoms with Gasteiger partial charge in [-0.05, 0) is 18.1 Å². The van der Waals surface area contributed by atoms with Gasteiger partial charge in [-0.1, -0.05) is 103 Å². The Kier molecular flexibility index (Phi) is 6.25. The minimum Gasteiger partial charge on any atom is -0.344 e. The van der Waals surface area contributed by atoms with Gasteiger partial charge < -0.3 is 5.32 Å². The van der Waals surface area contributed by atoms with E-state index in [1.807, 2.05) is 97.9 Å². The number of benzene rings is 3. The number of H-pyrrole nitrogens is 1. The number of rotatable bonds is 7. The number of aromatic nitrogens is 3. The van der Waals surface area contributed by atoms with E-state index in [0.717, 1.165) is 16.7 Å². The zero-order chi connectivity index (χ0) is 20.8. The van der Waals surface area contributed by atoms with E-state index in [2.05, 4.69) is 20.5 Å². The molecule has 0 aliphatic rings. The zero-order valence-corrected chi connectivity index (χ0v) is 17.3. The lowest BCUT2D eigenvalue weighted by molar-refractivity contribution is -0.120. The van der Waals surface area contributed by atoms with Gasteiger partial charge in [-0.2, -0.15) is 0 Å². The summed E-state index contributed by atoms with van der Waals surface area (Å²) in [5.41, 5.74) is 3.04. The van der Waals surface area contributed by atoms with Crippen molar-refractivity contribution in [2.24, 2.45) is 0 Å². The second kappa shape index (κ2) is 9.41. The Bertz CT molecular complexity index is 1040. The summed E-state index contributed by atoms with van der Waals surface area (Å²) in [6, 6.07) is 29.5. The van der Waals surface area contributed by atoms with Gasteiger partial charge in [0.2, 0.25) is 11.1 Å². The molecular weight excluding hydrogens is 392 g/mol. The van der Waals surface area contributed by atoms with E-state index in [1.165, 1.54) is 11.8 Å². The van der Waals surface area contributed by atoms with Crippen LogP contribution in [0.4, 0.5) is 0 Å². The van der Waals surface area contributed by atoms with Gasteiger partial charge in [-0.25, -0.2) is 4.98 Å². The Labute approximate surface area is 180 Å². The third-order valence-corrected chi connectivity index (χ3v) is 5.68. The van der Waals surface area contributed by atoms with Crippen LogP contribution < -0.4 is 5.32 Å². The number of aromatic amines is 1. The van der Waals surface area contributed by atoms with Gasteiger partial charge in [0.1, 0.15) is 0 Å². The first-order valence-electron chi connectivity index (χ1n) is 9.75. The number of amides is 1. The van der Waals surface area contributed by atoms with Crippen molar-refractivity contribution in [3.63, 3.8) is 0 Å². The smallest absolute Gasteiger partial charge is 0.234 e. The van der Waals surface area contributed by atoms with Crippen LogP contribution in [0.1, 0.15) is 24.1 Å². The molecule has 0 spiro atoms. The molecule has 5 nitrogen and oxygen atoms in total. The fourth-order valence-corrected chi connectivity index (χ4v) is 3.88. The molecule has 150 valence electrons. The average molecular weight is 415 g/mol. The number of nitrogens with one attached hydrogen (secondary N) is 2. The van der Waals surface area contributed by atoms with Crippen LogP contribution in [0.25, 0.3) is 11.4 Å². The van der Waals surface area contributed by atoms with Crippen LogP contribution in [-0.2, 0) is 4.79 Å². The molecule has 0 saturated heterocycles. The van der Waals surface area contributed by atoms with Crippen LogP contribution in [0.5, 0.6) is 0 Å². The highest BCUT2D eigenvalue weighted by Crippen LogP contribution is 2.25. The number of carbonyl (C=O) groups excluding carboxylic acids is 1. The molecule has 0 bridgehead atoms. The summed E-state index contributed by atoms with van der Waals surface area (Å²) in [6.45, 7) is 1.87. The second-order valence-electron chi connectivity index (χ2n) is 6.86. The fourth-order valence-electron chi connectivity index (χ4n) is 3.15. The molecule has 1 heterocycles. The molecule has 0 aliphatic carbocycles. The lowest BCUT2D eigenvalue weighted by Crippen LogP contribution is -2.35. The van der Waals surface area contributed by atoms with Crippen molar-refractivity contribution in [1.82, 2.24) is 20.5 Å². The number of carbonyl (C=O) groups is 1. The third kappa shape index (κ3) is 4.78. The van der Waals surface area contributed by atoms with E-state index in [9.17, 15) is 4.79 Å². The molecule has 1 unspecified atom stereocenters. The molecule has 4 rings (SSSR count). The molecule has 4 aromatic rings. The molecule has 0 fully saturated rings. The van der Waals surface area contributed by atoms with Crippen molar-refractivity contribution in [2.75, 3.05) is 0 Å². The van der Waals surface area contributed by atoms with Crippen LogP contribution in [0.15, 0.2) is 96.2 Å². The van der Waals surface area contributed by atoms with Gasteiger partial charge in [-0.3, -0.25) is 9.89 Å². The van der Waals surface area contributed by atoms with Crippen molar-refractivity contribution in [3.05, 3.63) is 102 Å². The molecule has 0 saturated carbocycles. The van der Waals surface area contributed by atoms with Gasteiger partial charge in [-0.15, -0.1) is 5.10 Å². The molecule has 3 aromatic carbocycles. The Balaban J connectivity index is 1.47. The van der Waals surface area contributed by atoms with E-state index < -0.39 is 0 Å². The number of hydrogen-bond donors (Lipinski definition) is 2. The summed E-state index contributed by atoms with van der Waals surface area (Å²) in [5.74, 6) is 0.626. The normalized spacial score (nSPS) is 11.9. The Morgan fingerprint density at radius 2 is 1.40 bits per heavy atom. The highest BCUT2D eigenvalue weighted by atomic mass is 32.2. The average Bonchev–Trinajstić information content (AvgIpc) is 3.27. The van der Waals surface area contributed by atoms with Gasteiger partial charge in [0.15, 0.2) is 5.82 Å². The summed E-state index contributed by atoms with van der Waals surface area (Å²) in [5, 5.41) is 10.6. The predicted octanol–water partition coefficient (Wildman–Crippen LogP) is 4.86. The lowest BCUT2D eigenvalue weighted by Gasteiger charge is -2.21. The SMILES string of the molecule is CC(Sc1n[nH]c(-c2ccccc2)n1)C(=O)NC(c1ccccc1)c1ccccc1. The third-order valence-electron chi connectivity index (χ3n) is 4.72. The maximum Gasteiger partial charge on any atom is 0.234 e. The highest BCUT2D eigenvalue weighted by molar-refractivity contribution is 8.00. The van der Waals surface area contributed by atoms with Crippen molar-refractivity contribution < 1.29 is 4.79 Å². The van der Waals surface area contributed by atoms with E-state index >= 15 is 0 Å². The monoisotopic (exact) mass is 414 g/mol. The van der Waals surface area contributed by atoms with Crippen molar-refractivity contribution in [1.29, 1.82) is 0 Å². The molecule has 1 amide bonds. The molecule has 30 heavy (non-hydrogen) atoms. The summed E-state index contributed by atoms with van der Waals surface area (Å²) >= 11 is 1.33. The molecule has 0 aliphatic heterocycles. The molecule has 1 aromatic heterocycles.